The SMILES string of the molecule is O=C1CCCC(CCC2CO2)O1. The van der Waals surface area contributed by atoms with E-state index in [-0.39, 0.29) is 12.1 Å². The normalized spacial score (nSPS) is 34.5. The molecule has 0 aromatic heterocycles. The molecule has 68 valence electrons. The number of cyclic esters (lactones) is 1. The van der Waals surface area contributed by atoms with E-state index in [4.69, 9.17) is 9.47 Å². The van der Waals surface area contributed by atoms with Crippen molar-refractivity contribution in [3.8, 4) is 0 Å². The van der Waals surface area contributed by atoms with Gasteiger partial charge in [-0.05, 0) is 25.7 Å². The maximum absolute atomic E-state index is 10.9. The number of carbonyl (C=O) groups excluding carboxylic acids is 1. The summed E-state index contributed by atoms with van der Waals surface area (Å²) in [6.07, 6.45) is 5.32. The van der Waals surface area contributed by atoms with Gasteiger partial charge in [0, 0.05) is 6.42 Å². The van der Waals surface area contributed by atoms with E-state index in [0.29, 0.717) is 12.5 Å². The first kappa shape index (κ1) is 8.05. The minimum atomic E-state index is -0.0250. The molecule has 0 saturated carbocycles. The molecule has 2 unspecified atom stereocenters. The average Bonchev–Trinajstić information content (AvgIpc) is 2.84. The van der Waals surface area contributed by atoms with Crippen LogP contribution in [-0.2, 0) is 14.3 Å². The summed E-state index contributed by atoms with van der Waals surface area (Å²) in [6, 6.07) is 0. The monoisotopic (exact) mass is 170 g/mol. The van der Waals surface area contributed by atoms with Gasteiger partial charge in [0.05, 0.1) is 12.7 Å². The maximum atomic E-state index is 10.9. The predicted molar refractivity (Wildman–Crippen MR) is 42.7 cm³/mol. The van der Waals surface area contributed by atoms with Crippen LogP contribution in [0.4, 0.5) is 0 Å². The van der Waals surface area contributed by atoms with Crippen LogP contribution >= 0.6 is 0 Å². The molecule has 2 heterocycles. The third kappa shape index (κ3) is 2.21. The highest BCUT2D eigenvalue weighted by Gasteiger charge is 2.26. The van der Waals surface area contributed by atoms with Gasteiger partial charge in [0.15, 0.2) is 0 Å². The van der Waals surface area contributed by atoms with Crippen LogP contribution in [0.2, 0.25) is 0 Å². The van der Waals surface area contributed by atoms with Crippen molar-refractivity contribution in [2.75, 3.05) is 6.61 Å². The minimum Gasteiger partial charge on any atom is -0.462 e. The molecule has 2 atom stereocenters. The van der Waals surface area contributed by atoms with Crippen LogP contribution in [-0.4, -0.2) is 24.8 Å². The predicted octanol–water partition coefficient (Wildman–Crippen LogP) is 1.26. The summed E-state index contributed by atoms with van der Waals surface area (Å²) in [6.45, 7) is 0.903. The van der Waals surface area contributed by atoms with Crippen LogP contribution in [0, 0.1) is 0 Å². The molecule has 0 radical (unpaired) electrons. The zero-order valence-electron chi connectivity index (χ0n) is 7.12. The highest BCUT2D eigenvalue weighted by molar-refractivity contribution is 5.70. The van der Waals surface area contributed by atoms with Gasteiger partial charge < -0.3 is 9.47 Å². The van der Waals surface area contributed by atoms with Gasteiger partial charge in [-0.1, -0.05) is 0 Å². The quantitative estimate of drug-likeness (QED) is 0.473. The molecule has 0 N–H and O–H groups in total. The van der Waals surface area contributed by atoms with E-state index in [2.05, 4.69) is 0 Å². The van der Waals surface area contributed by atoms with Gasteiger partial charge in [-0.3, -0.25) is 4.79 Å². The number of ether oxygens (including phenoxy) is 2. The Morgan fingerprint density at radius 2 is 2.08 bits per heavy atom. The minimum absolute atomic E-state index is 0.0250. The highest BCUT2D eigenvalue weighted by atomic mass is 16.6. The molecule has 2 rings (SSSR count). The lowest BCUT2D eigenvalue weighted by Crippen LogP contribution is -2.23. The van der Waals surface area contributed by atoms with Crippen LogP contribution < -0.4 is 0 Å². The fourth-order valence-electron chi connectivity index (χ4n) is 1.59. The van der Waals surface area contributed by atoms with Crippen molar-refractivity contribution in [2.24, 2.45) is 0 Å². The first-order valence-corrected chi connectivity index (χ1v) is 4.65. The average molecular weight is 170 g/mol. The first-order chi connectivity index (χ1) is 5.84. The number of esters is 1. The lowest BCUT2D eigenvalue weighted by molar-refractivity contribution is -0.154. The number of epoxide rings is 1. The maximum Gasteiger partial charge on any atom is 0.306 e. The molecule has 0 spiro atoms. The molecule has 2 aliphatic heterocycles. The molecule has 0 aromatic rings. The molecular weight excluding hydrogens is 156 g/mol. The smallest absolute Gasteiger partial charge is 0.306 e. The zero-order chi connectivity index (χ0) is 8.39. The Kier molecular flexibility index (Phi) is 2.30. The number of hydrogen-bond donors (Lipinski definition) is 0. The Morgan fingerprint density at radius 1 is 1.33 bits per heavy atom. The number of hydrogen-bond acceptors (Lipinski definition) is 3. The lowest BCUT2D eigenvalue weighted by atomic mass is 10.0. The van der Waals surface area contributed by atoms with E-state index >= 15 is 0 Å². The fraction of sp³-hybridized carbons (Fsp3) is 0.889. The Balaban J connectivity index is 1.67. The van der Waals surface area contributed by atoms with E-state index in [1.807, 2.05) is 0 Å². The molecule has 3 nitrogen and oxygen atoms in total. The number of carbonyl (C=O) groups is 1. The molecule has 0 amide bonds. The molecule has 3 heteroatoms. The van der Waals surface area contributed by atoms with Gasteiger partial charge in [-0.25, -0.2) is 0 Å². The molecule has 0 aromatic carbocycles. The van der Waals surface area contributed by atoms with Gasteiger partial charge in [0.1, 0.15) is 6.10 Å². The Morgan fingerprint density at radius 3 is 2.75 bits per heavy atom. The third-order valence-corrected chi connectivity index (χ3v) is 2.42. The lowest BCUT2D eigenvalue weighted by Gasteiger charge is -2.21. The van der Waals surface area contributed by atoms with Crippen LogP contribution in [0.15, 0.2) is 0 Å². The summed E-state index contributed by atoms with van der Waals surface area (Å²) in [5, 5.41) is 0. The van der Waals surface area contributed by atoms with Crippen LogP contribution in [0.5, 0.6) is 0 Å². The molecule has 0 bridgehead atoms. The first-order valence-electron chi connectivity index (χ1n) is 4.65. The third-order valence-electron chi connectivity index (χ3n) is 2.42. The van der Waals surface area contributed by atoms with E-state index < -0.39 is 0 Å². The molecule has 0 aliphatic carbocycles. The van der Waals surface area contributed by atoms with Gasteiger partial charge in [-0.2, -0.15) is 0 Å². The summed E-state index contributed by atoms with van der Waals surface area (Å²) in [7, 11) is 0. The number of rotatable bonds is 3. The molecule has 2 saturated heterocycles. The van der Waals surface area contributed by atoms with Gasteiger partial charge in [0.2, 0.25) is 0 Å². The summed E-state index contributed by atoms with van der Waals surface area (Å²) in [4.78, 5) is 10.9. The summed E-state index contributed by atoms with van der Waals surface area (Å²) in [5.74, 6) is -0.0250. The Bertz CT molecular complexity index is 175. The van der Waals surface area contributed by atoms with E-state index in [9.17, 15) is 4.79 Å². The van der Waals surface area contributed by atoms with Crippen molar-refractivity contribution < 1.29 is 14.3 Å². The van der Waals surface area contributed by atoms with Crippen molar-refractivity contribution in [2.45, 2.75) is 44.3 Å². The van der Waals surface area contributed by atoms with Gasteiger partial charge in [-0.15, -0.1) is 0 Å². The largest absolute Gasteiger partial charge is 0.462 e. The Labute approximate surface area is 72.0 Å². The summed E-state index contributed by atoms with van der Waals surface area (Å²) >= 11 is 0. The van der Waals surface area contributed by atoms with Crippen LogP contribution in [0.1, 0.15) is 32.1 Å². The van der Waals surface area contributed by atoms with Crippen molar-refractivity contribution >= 4 is 5.97 Å². The van der Waals surface area contributed by atoms with Crippen molar-refractivity contribution in [3.63, 3.8) is 0 Å². The molecule has 2 fully saturated rings. The molecular formula is C9H14O3. The highest BCUT2D eigenvalue weighted by Crippen LogP contribution is 2.22. The molecule has 12 heavy (non-hydrogen) atoms. The van der Waals surface area contributed by atoms with E-state index in [1.165, 1.54) is 0 Å². The second kappa shape index (κ2) is 3.44. The van der Waals surface area contributed by atoms with Crippen molar-refractivity contribution in [1.82, 2.24) is 0 Å². The molecule has 2 aliphatic rings. The Hall–Kier alpha value is -0.570. The van der Waals surface area contributed by atoms with Crippen molar-refractivity contribution in [3.05, 3.63) is 0 Å². The summed E-state index contributed by atoms with van der Waals surface area (Å²) in [5.41, 5.74) is 0. The standard InChI is InChI=1S/C9H14O3/c10-9-3-1-2-7(12-9)4-5-8-6-11-8/h7-8H,1-6H2. The van der Waals surface area contributed by atoms with Gasteiger partial charge >= 0.3 is 5.97 Å². The van der Waals surface area contributed by atoms with Crippen molar-refractivity contribution in [1.29, 1.82) is 0 Å². The second-order valence-corrected chi connectivity index (χ2v) is 3.54. The van der Waals surface area contributed by atoms with E-state index in [0.717, 1.165) is 32.3 Å². The van der Waals surface area contributed by atoms with E-state index in [1.54, 1.807) is 0 Å². The fourth-order valence-corrected chi connectivity index (χ4v) is 1.59. The van der Waals surface area contributed by atoms with Crippen LogP contribution in [0.3, 0.4) is 0 Å². The van der Waals surface area contributed by atoms with Gasteiger partial charge in [0.25, 0.3) is 0 Å². The topological polar surface area (TPSA) is 38.8 Å². The van der Waals surface area contributed by atoms with Crippen LogP contribution in [0.25, 0.3) is 0 Å². The zero-order valence-corrected chi connectivity index (χ0v) is 7.12. The summed E-state index contributed by atoms with van der Waals surface area (Å²) < 4.78 is 10.3. The second-order valence-electron chi connectivity index (χ2n) is 3.54.